The Morgan fingerprint density at radius 2 is 1.74 bits per heavy atom. The van der Waals surface area contributed by atoms with Gasteiger partial charge in [-0.25, -0.2) is 4.79 Å². The van der Waals surface area contributed by atoms with Crippen LogP contribution in [0.3, 0.4) is 0 Å². The zero-order valence-electron chi connectivity index (χ0n) is 11.7. The second kappa shape index (κ2) is 6.26. The smallest absolute Gasteiger partial charge is 0.323 e. The summed E-state index contributed by atoms with van der Waals surface area (Å²) < 4.78 is 0. The molecule has 2 amide bonds. The first-order chi connectivity index (χ1) is 9.08. The van der Waals surface area contributed by atoms with E-state index in [1.54, 1.807) is 4.90 Å². The van der Waals surface area contributed by atoms with Gasteiger partial charge in [-0.2, -0.15) is 0 Å². The summed E-state index contributed by atoms with van der Waals surface area (Å²) in [5, 5.41) is 9.02. The molecule has 0 aromatic carbocycles. The molecule has 0 bridgehead atoms. The van der Waals surface area contributed by atoms with Crippen molar-refractivity contribution in [3.63, 3.8) is 0 Å². The maximum Gasteiger partial charge on any atom is 0.323 e. The number of hydrogen-bond donors (Lipinski definition) is 1. The van der Waals surface area contributed by atoms with Crippen molar-refractivity contribution < 1.29 is 14.7 Å². The van der Waals surface area contributed by atoms with E-state index in [0.29, 0.717) is 5.92 Å². The van der Waals surface area contributed by atoms with Gasteiger partial charge in [0.25, 0.3) is 0 Å². The first-order valence-corrected chi connectivity index (χ1v) is 7.35. The number of carbonyl (C=O) groups excluding carboxylic acids is 1. The van der Waals surface area contributed by atoms with Crippen molar-refractivity contribution in [2.75, 3.05) is 19.6 Å². The molecule has 5 nitrogen and oxygen atoms in total. The van der Waals surface area contributed by atoms with Crippen molar-refractivity contribution in [3.05, 3.63) is 0 Å². The van der Waals surface area contributed by atoms with Gasteiger partial charge < -0.3 is 14.9 Å². The van der Waals surface area contributed by atoms with Crippen molar-refractivity contribution >= 4 is 12.0 Å². The van der Waals surface area contributed by atoms with Crippen LogP contribution in [0.2, 0.25) is 0 Å². The van der Waals surface area contributed by atoms with E-state index in [9.17, 15) is 9.59 Å². The SMILES string of the molecule is CC1CCN(C(=O)N(CC(=O)O)C2CCCC2)CC1. The number of urea groups is 1. The summed E-state index contributed by atoms with van der Waals surface area (Å²) in [5.74, 6) is -0.242. The zero-order chi connectivity index (χ0) is 13.8. The van der Waals surface area contributed by atoms with Crippen molar-refractivity contribution in [1.29, 1.82) is 0 Å². The number of carboxylic acid groups (broad SMARTS) is 1. The van der Waals surface area contributed by atoms with Crippen LogP contribution >= 0.6 is 0 Å². The molecule has 0 atom stereocenters. The van der Waals surface area contributed by atoms with E-state index in [4.69, 9.17) is 5.11 Å². The minimum Gasteiger partial charge on any atom is -0.480 e. The number of carboxylic acids is 1. The molecule has 108 valence electrons. The maximum atomic E-state index is 12.5. The summed E-state index contributed by atoms with van der Waals surface area (Å²) in [6.07, 6.45) is 6.15. The molecule has 1 saturated carbocycles. The average molecular weight is 268 g/mol. The lowest BCUT2D eigenvalue weighted by Crippen LogP contribution is -2.51. The number of amides is 2. The summed E-state index contributed by atoms with van der Waals surface area (Å²) in [7, 11) is 0. The van der Waals surface area contributed by atoms with Crippen LogP contribution in [0.25, 0.3) is 0 Å². The number of rotatable bonds is 3. The molecule has 0 aromatic heterocycles. The molecule has 0 radical (unpaired) electrons. The first kappa shape index (κ1) is 14.2. The van der Waals surface area contributed by atoms with Crippen LogP contribution in [-0.2, 0) is 4.79 Å². The first-order valence-electron chi connectivity index (χ1n) is 7.35. The van der Waals surface area contributed by atoms with Gasteiger partial charge in [-0.05, 0) is 31.6 Å². The van der Waals surface area contributed by atoms with E-state index in [1.807, 2.05) is 4.90 Å². The van der Waals surface area contributed by atoms with Crippen LogP contribution in [0.4, 0.5) is 4.79 Å². The van der Waals surface area contributed by atoms with E-state index in [-0.39, 0.29) is 18.6 Å². The highest BCUT2D eigenvalue weighted by Gasteiger charge is 2.32. The van der Waals surface area contributed by atoms with Gasteiger partial charge >= 0.3 is 12.0 Å². The van der Waals surface area contributed by atoms with Crippen molar-refractivity contribution in [2.45, 2.75) is 51.5 Å². The van der Waals surface area contributed by atoms with Gasteiger partial charge in [-0.1, -0.05) is 19.8 Å². The molecule has 2 aliphatic rings. The lowest BCUT2D eigenvalue weighted by molar-refractivity contribution is -0.138. The fourth-order valence-corrected chi connectivity index (χ4v) is 3.10. The Kier molecular flexibility index (Phi) is 4.66. The molecule has 2 fully saturated rings. The third-order valence-electron chi connectivity index (χ3n) is 4.37. The predicted molar refractivity (Wildman–Crippen MR) is 72.0 cm³/mol. The van der Waals surface area contributed by atoms with E-state index in [2.05, 4.69) is 6.92 Å². The Balaban J connectivity index is 2.00. The minimum atomic E-state index is -0.911. The van der Waals surface area contributed by atoms with Crippen molar-refractivity contribution in [2.24, 2.45) is 5.92 Å². The second-order valence-electron chi connectivity index (χ2n) is 5.91. The Labute approximate surface area is 114 Å². The van der Waals surface area contributed by atoms with Gasteiger partial charge in [0, 0.05) is 19.1 Å². The predicted octanol–water partition coefficient (Wildman–Crippen LogP) is 2.17. The van der Waals surface area contributed by atoms with Gasteiger partial charge in [0.2, 0.25) is 0 Å². The van der Waals surface area contributed by atoms with Gasteiger partial charge in [0.1, 0.15) is 6.54 Å². The quantitative estimate of drug-likeness (QED) is 0.853. The second-order valence-corrected chi connectivity index (χ2v) is 5.91. The van der Waals surface area contributed by atoms with Crippen LogP contribution in [0.1, 0.15) is 45.4 Å². The molecule has 1 heterocycles. The van der Waals surface area contributed by atoms with Crippen LogP contribution in [0, 0.1) is 5.92 Å². The Morgan fingerprint density at radius 3 is 2.26 bits per heavy atom. The standard InChI is InChI=1S/C14H24N2O3/c1-11-6-8-15(9-7-11)14(19)16(10-13(17)18)12-4-2-3-5-12/h11-12H,2-10H2,1H3,(H,17,18). The van der Waals surface area contributed by atoms with Crippen LogP contribution in [-0.4, -0.2) is 52.6 Å². The lowest BCUT2D eigenvalue weighted by atomic mass is 9.99. The van der Waals surface area contributed by atoms with Crippen molar-refractivity contribution in [3.8, 4) is 0 Å². The third-order valence-corrected chi connectivity index (χ3v) is 4.37. The molecule has 1 saturated heterocycles. The molecule has 0 aromatic rings. The highest BCUT2D eigenvalue weighted by Crippen LogP contribution is 2.25. The minimum absolute atomic E-state index is 0.0683. The molecular formula is C14H24N2O3. The van der Waals surface area contributed by atoms with E-state index >= 15 is 0 Å². The largest absolute Gasteiger partial charge is 0.480 e. The fraction of sp³-hybridized carbons (Fsp3) is 0.857. The molecule has 1 aliphatic carbocycles. The number of hydrogen-bond acceptors (Lipinski definition) is 2. The van der Waals surface area contributed by atoms with E-state index in [0.717, 1.165) is 51.6 Å². The van der Waals surface area contributed by atoms with E-state index in [1.165, 1.54) is 0 Å². The summed E-state index contributed by atoms with van der Waals surface area (Å²) in [4.78, 5) is 26.9. The summed E-state index contributed by atoms with van der Waals surface area (Å²) in [5.41, 5.74) is 0. The van der Waals surface area contributed by atoms with Crippen LogP contribution < -0.4 is 0 Å². The molecule has 5 heteroatoms. The van der Waals surface area contributed by atoms with E-state index < -0.39 is 5.97 Å². The topological polar surface area (TPSA) is 60.9 Å². The normalized spacial score (nSPS) is 21.6. The monoisotopic (exact) mass is 268 g/mol. The van der Waals surface area contributed by atoms with Gasteiger partial charge in [-0.15, -0.1) is 0 Å². The average Bonchev–Trinajstić information content (AvgIpc) is 2.89. The van der Waals surface area contributed by atoms with Crippen LogP contribution in [0.5, 0.6) is 0 Å². The molecule has 0 spiro atoms. The highest BCUT2D eigenvalue weighted by atomic mass is 16.4. The molecular weight excluding hydrogens is 244 g/mol. The molecule has 1 aliphatic heterocycles. The number of carbonyl (C=O) groups is 2. The van der Waals surface area contributed by atoms with Gasteiger partial charge in [0.15, 0.2) is 0 Å². The fourth-order valence-electron chi connectivity index (χ4n) is 3.10. The zero-order valence-corrected chi connectivity index (χ0v) is 11.7. The van der Waals surface area contributed by atoms with Crippen LogP contribution in [0.15, 0.2) is 0 Å². The summed E-state index contributed by atoms with van der Waals surface area (Å²) in [6.45, 7) is 3.58. The summed E-state index contributed by atoms with van der Waals surface area (Å²) >= 11 is 0. The molecule has 0 unspecified atom stereocenters. The number of likely N-dealkylation sites (tertiary alicyclic amines) is 1. The molecule has 2 rings (SSSR count). The number of nitrogens with zero attached hydrogens (tertiary/aromatic N) is 2. The molecule has 1 N–H and O–H groups in total. The number of aliphatic carboxylic acids is 1. The lowest BCUT2D eigenvalue weighted by Gasteiger charge is -2.36. The Hall–Kier alpha value is -1.26. The maximum absolute atomic E-state index is 12.5. The highest BCUT2D eigenvalue weighted by molar-refractivity contribution is 5.80. The van der Waals surface area contributed by atoms with Gasteiger partial charge in [0.05, 0.1) is 0 Å². The Bertz CT molecular complexity index is 332. The number of piperidine rings is 1. The molecule has 19 heavy (non-hydrogen) atoms. The van der Waals surface area contributed by atoms with Crippen molar-refractivity contribution in [1.82, 2.24) is 9.80 Å². The van der Waals surface area contributed by atoms with Gasteiger partial charge in [-0.3, -0.25) is 4.79 Å². The third kappa shape index (κ3) is 3.61. The Morgan fingerprint density at radius 1 is 1.16 bits per heavy atom. The summed E-state index contributed by atoms with van der Waals surface area (Å²) in [6, 6.07) is 0.0594.